The lowest BCUT2D eigenvalue weighted by Gasteiger charge is -2.13. The number of rotatable bonds is 6. The molecule has 0 aliphatic heterocycles. The summed E-state index contributed by atoms with van der Waals surface area (Å²) in [6.45, 7) is 8.47. The standard InChI is InChI=1S/C23H28N2O2/c1-14(2)16-9-11-17(12-10-16)24-22(26)19-13-20(19)23(27)25-21-8-6-5-7-18(21)15(3)4/h5-12,14-15,19-20H,13H2,1-4H3,(H,24,26)(H,25,27). The van der Waals surface area contributed by atoms with Crippen LogP contribution in [0.25, 0.3) is 0 Å². The summed E-state index contributed by atoms with van der Waals surface area (Å²) in [5.74, 6) is 0.137. The first kappa shape index (κ1) is 19.2. The third-order valence-corrected chi connectivity index (χ3v) is 5.15. The predicted molar refractivity (Wildman–Crippen MR) is 110 cm³/mol. The molecule has 2 amide bonds. The SMILES string of the molecule is CC(C)c1ccc(NC(=O)C2CC2C(=O)Nc2ccccc2C(C)C)cc1. The summed E-state index contributed by atoms with van der Waals surface area (Å²) in [7, 11) is 0. The van der Waals surface area contributed by atoms with Crippen LogP contribution < -0.4 is 10.6 Å². The molecular weight excluding hydrogens is 336 g/mol. The van der Waals surface area contributed by atoms with Gasteiger partial charge < -0.3 is 10.6 Å². The van der Waals surface area contributed by atoms with E-state index in [1.54, 1.807) is 0 Å². The van der Waals surface area contributed by atoms with Gasteiger partial charge in [-0.2, -0.15) is 0 Å². The van der Waals surface area contributed by atoms with Crippen LogP contribution in [0.1, 0.15) is 57.1 Å². The quantitative estimate of drug-likeness (QED) is 0.745. The van der Waals surface area contributed by atoms with Gasteiger partial charge >= 0.3 is 0 Å². The molecule has 1 aliphatic rings. The van der Waals surface area contributed by atoms with Crippen molar-refractivity contribution in [3.63, 3.8) is 0 Å². The molecule has 1 aliphatic carbocycles. The lowest BCUT2D eigenvalue weighted by molar-refractivity contribution is -0.122. The Balaban J connectivity index is 1.57. The van der Waals surface area contributed by atoms with Crippen LogP contribution in [-0.2, 0) is 9.59 Å². The summed E-state index contributed by atoms with van der Waals surface area (Å²) in [5.41, 5.74) is 3.96. The molecule has 0 bridgehead atoms. The van der Waals surface area contributed by atoms with E-state index in [9.17, 15) is 9.59 Å². The van der Waals surface area contributed by atoms with Gasteiger partial charge in [-0.25, -0.2) is 0 Å². The molecule has 0 radical (unpaired) electrons. The molecule has 2 N–H and O–H groups in total. The average Bonchev–Trinajstić information content (AvgIpc) is 3.43. The molecular formula is C23H28N2O2. The van der Waals surface area contributed by atoms with Gasteiger partial charge in [0.1, 0.15) is 0 Å². The molecule has 2 unspecified atom stereocenters. The lowest BCUT2D eigenvalue weighted by Crippen LogP contribution is -2.21. The molecule has 0 aromatic heterocycles. The van der Waals surface area contributed by atoms with Gasteiger partial charge in [-0.1, -0.05) is 58.0 Å². The van der Waals surface area contributed by atoms with E-state index in [2.05, 4.69) is 38.3 Å². The van der Waals surface area contributed by atoms with Gasteiger partial charge in [-0.05, 0) is 47.6 Å². The molecule has 0 saturated heterocycles. The highest BCUT2D eigenvalue weighted by Crippen LogP contribution is 2.40. The minimum Gasteiger partial charge on any atom is -0.326 e. The van der Waals surface area contributed by atoms with Crippen LogP contribution in [-0.4, -0.2) is 11.8 Å². The van der Waals surface area contributed by atoms with Gasteiger partial charge in [0, 0.05) is 11.4 Å². The number of para-hydroxylation sites is 1. The van der Waals surface area contributed by atoms with E-state index in [4.69, 9.17) is 0 Å². The van der Waals surface area contributed by atoms with Gasteiger partial charge in [0.05, 0.1) is 11.8 Å². The number of carbonyl (C=O) groups is 2. The van der Waals surface area contributed by atoms with E-state index in [-0.39, 0.29) is 23.7 Å². The first-order valence-electron chi connectivity index (χ1n) is 9.67. The second kappa shape index (κ2) is 7.95. The molecule has 2 atom stereocenters. The molecule has 4 nitrogen and oxygen atoms in total. The van der Waals surface area contributed by atoms with E-state index in [1.165, 1.54) is 5.56 Å². The van der Waals surface area contributed by atoms with Crippen molar-refractivity contribution in [1.82, 2.24) is 0 Å². The average molecular weight is 364 g/mol. The first-order valence-corrected chi connectivity index (χ1v) is 9.67. The number of benzene rings is 2. The van der Waals surface area contributed by atoms with Gasteiger partial charge in [0.25, 0.3) is 0 Å². The predicted octanol–water partition coefficient (Wildman–Crippen LogP) is 5.15. The highest BCUT2D eigenvalue weighted by atomic mass is 16.2. The van der Waals surface area contributed by atoms with Crippen LogP contribution in [0.15, 0.2) is 48.5 Å². The Kier molecular flexibility index (Phi) is 5.64. The zero-order valence-electron chi connectivity index (χ0n) is 16.5. The minimum atomic E-state index is -0.250. The van der Waals surface area contributed by atoms with E-state index in [1.807, 2.05) is 48.5 Å². The molecule has 3 rings (SSSR count). The number of anilines is 2. The third-order valence-electron chi connectivity index (χ3n) is 5.15. The molecule has 4 heteroatoms. The summed E-state index contributed by atoms with van der Waals surface area (Å²) in [6, 6.07) is 15.7. The van der Waals surface area contributed by atoms with Gasteiger partial charge in [-0.3, -0.25) is 9.59 Å². The maximum atomic E-state index is 12.5. The second-order valence-corrected chi connectivity index (χ2v) is 7.95. The van der Waals surface area contributed by atoms with E-state index >= 15 is 0 Å². The van der Waals surface area contributed by atoms with Crippen LogP contribution >= 0.6 is 0 Å². The van der Waals surface area contributed by atoms with Crippen LogP contribution in [0.2, 0.25) is 0 Å². The number of carbonyl (C=O) groups excluding carboxylic acids is 2. The van der Waals surface area contributed by atoms with E-state index in [0.717, 1.165) is 16.9 Å². The Morgan fingerprint density at radius 1 is 0.815 bits per heavy atom. The summed E-state index contributed by atoms with van der Waals surface area (Å²) in [4.78, 5) is 25.0. The smallest absolute Gasteiger partial charge is 0.228 e. The maximum Gasteiger partial charge on any atom is 0.228 e. The number of amides is 2. The number of hydrogen-bond donors (Lipinski definition) is 2. The Labute approximate surface area is 161 Å². The number of hydrogen-bond acceptors (Lipinski definition) is 2. The molecule has 1 saturated carbocycles. The van der Waals surface area contributed by atoms with Crippen LogP contribution in [0, 0.1) is 11.8 Å². The third kappa shape index (κ3) is 4.57. The number of nitrogens with one attached hydrogen (secondary N) is 2. The van der Waals surface area contributed by atoms with Crippen LogP contribution in [0.5, 0.6) is 0 Å². The molecule has 1 fully saturated rings. The van der Waals surface area contributed by atoms with Crippen molar-refractivity contribution in [3.05, 3.63) is 59.7 Å². The van der Waals surface area contributed by atoms with Crippen molar-refractivity contribution in [2.45, 2.75) is 46.0 Å². The summed E-state index contributed by atoms with van der Waals surface area (Å²) in [6.07, 6.45) is 0.603. The zero-order valence-corrected chi connectivity index (χ0v) is 16.5. The Hall–Kier alpha value is -2.62. The van der Waals surface area contributed by atoms with Gasteiger partial charge in [0.2, 0.25) is 11.8 Å². The molecule has 2 aromatic carbocycles. The molecule has 27 heavy (non-hydrogen) atoms. The van der Waals surface area contributed by atoms with E-state index in [0.29, 0.717) is 18.3 Å². The molecule has 0 heterocycles. The maximum absolute atomic E-state index is 12.5. The summed E-state index contributed by atoms with van der Waals surface area (Å²) in [5, 5.41) is 5.93. The fourth-order valence-electron chi connectivity index (χ4n) is 3.30. The first-order chi connectivity index (χ1) is 12.9. The van der Waals surface area contributed by atoms with Crippen molar-refractivity contribution in [1.29, 1.82) is 0 Å². The van der Waals surface area contributed by atoms with Crippen molar-refractivity contribution in [2.75, 3.05) is 10.6 Å². The van der Waals surface area contributed by atoms with Crippen molar-refractivity contribution in [3.8, 4) is 0 Å². The molecule has 2 aromatic rings. The zero-order chi connectivity index (χ0) is 19.6. The fourth-order valence-corrected chi connectivity index (χ4v) is 3.30. The molecule has 142 valence electrons. The van der Waals surface area contributed by atoms with Crippen LogP contribution in [0.3, 0.4) is 0 Å². The molecule has 0 spiro atoms. The highest BCUT2D eigenvalue weighted by molar-refractivity contribution is 6.03. The summed E-state index contributed by atoms with van der Waals surface area (Å²) >= 11 is 0. The minimum absolute atomic E-state index is 0.0709. The van der Waals surface area contributed by atoms with Crippen LogP contribution in [0.4, 0.5) is 11.4 Å². The topological polar surface area (TPSA) is 58.2 Å². The van der Waals surface area contributed by atoms with Gasteiger partial charge in [-0.15, -0.1) is 0 Å². The fraction of sp³-hybridized carbons (Fsp3) is 0.391. The van der Waals surface area contributed by atoms with E-state index < -0.39 is 0 Å². The normalized spacial score (nSPS) is 18.4. The van der Waals surface area contributed by atoms with Crippen molar-refractivity contribution >= 4 is 23.2 Å². The van der Waals surface area contributed by atoms with Crippen molar-refractivity contribution in [2.24, 2.45) is 11.8 Å². The monoisotopic (exact) mass is 364 g/mol. The Morgan fingerprint density at radius 2 is 1.41 bits per heavy atom. The highest BCUT2D eigenvalue weighted by Gasteiger charge is 2.48. The second-order valence-electron chi connectivity index (χ2n) is 7.95. The lowest BCUT2D eigenvalue weighted by atomic mass is 10.0. The largest absolute Gasteiger partial charge is 0.326 e. The Morgan fingerprint density at radius 3 is 2.00 bits per heavy atom. The summed E-state index contributed by atoms with van der Waals surface area (Å²) < 4.78 is 0. The Bertz CT molecular complexity index is 825. The van der Waals surface area contributed by atoms with Gasteiger partial charge in [0.15, 0.2) is 0 Å². The van der Waals surface area contributed by atoms with Crippen molar-refractivity contribution < 1.29 is 9.59 Å².